The van der Waals surface area contributed by atoms with Gasteiger partial charge in [-0.1, -0.05) is 42.6 Å². The lowest BCUT2D eigenvalue weighted by molar-refractivity contribution is -0.0926. The van der Waals surface area contributed by atoms with Gasteiger partial charge in [-0.15, -0.1) is 0 Å². The van der Waals surface area contributed by atoms with Crippen molar-refractivity contribution in [2.24, 2.45) is 0 Å². The maximum atomic E-state index is 11.6. The molecule has 1 saturated heterocycles. The molecule has 1 amide bonds. The SMILES string of the molecule is C=CCOC(=O)N[C@H]1CC(Sc2ccccc2)O[C@@H](C)[C@H]1O. The van der Waals surface area contributed by atoms with Gasteiger partial charge in [-0.25, -0.2) is 4.79 Å². The number of nitrogens with one attached hydrogen (secondary N) is 1. The molecule has 1 aromatic rings. The number of aliphatic hydroxyl groups excluding tert-OH is 1. The average molecular weight is 323 g/mol. The summed E-state index contributed by atoms with van der Waals surface area (Å²) in [7, 11) is 0. The Balaban J connectivity index is 1.94. The van der Waals surface area contributed by atoms with Crippen LogP contribution in [0.3, 0.4) is 0 Å². The van der Waals surface area contributed by atoms with Crippen molar-refractivity contribution in [3.05, 3.63) is 43.0 Å². The highest BCUT2D eigenvalue weighted by Gasteiger charge is 2.36. The van der Waals surface area contributed by atoms with Crippen LogP contribution in [0.2, 0.25) is 0 Å². The molecule has 1 fully saturated rings. The Kier molecular flexibility index (Phi) is 6.30. The predicted octanol–water partition coefficient (Wildman–Crippen LogP) is 2.56. The number of alkyl carbamates (subject to hydrolysis) is 1. The van der Waals surface area contributed by atoms with E-state index in [-0.39, 0.29) is 18.1 Å². The van der Waals surface area contributed by atoms with E-state index in [9.17, 15) is 9.90 Å². The molecule has 6 heteroatoms. The molecule has 0 spiro atoms. The number of benzene rings is 1. The zero-order valence-electron chi connectivity index (χ0n) is 12.5. The summed E-state index contributed by atoms with van der Waals surface area (Å²) in [5, 5.41) is 12.9. The largest absolute Gasteiger partial charge is 0.445 e. The van der Waals surface area contributed by atoms with Crippen LogP contribution in [0.15, 0.2) is 47.9 Å². The fourth-order valence-electron chi connectivity index (χ4n) is 2.25. The average Bonchev–Trinajstić information content (AvgIpc) is 2.51. The molecule has 0 saturated carbocycles. The third-order valence-corrected chi connectivity index (χ3v) is 4.46. The van der Waals surface area contributed by atoms with Crippen molar-refractivity contribution in [1.29, 1.82) is 0 Å². The molecule has 0 aliphatic carbocycles. The highest BCUT2D eigenvalue weighted by atomic mass is 32.2. The molecule has 1 aliphatic heterocycles. The smallest absolute Gasteiger partial charge is 0.407 e. The van der Waals surface area contributed by atoms with Gasteiger partial charge < -0.3 is 19.9 Å². The lowest BCUT2D eigenvalue weighted by Gasteiger charge is -2.37. The molecule has 22 heavy (non-hydrogen) atoms. The number of thioether (sulfide) groups is 1. The van der Waals surface area contributed by atoms with Gasteiger partial charge in [0.25, 0.3) is 0 Å². The van der Waals surface area contributed by atoms with Gasteiger partial charge in [-0.2, -0.15) is 0 Å². The molecule has 120 valence electrons. The minimum atomic E-state index is -0.760. The molecule has 1 unspecified atom stereocenters. The second-order valence-electron chi connectivity index (χ2n) is 5.07. The molecule has 0 bridgehead atoms. The van der Waals surface area contributed by atoms with Crippen molar-refractivity contribution in [3.8, 4) is 0 Å². The first-order valence-electron chi connectivity index (χ1n) is 7.19. The van der Waals surface area contributed by atoms with Crippen molar-refractivity contribution in [2.75, 3.05) is 6.61 Å². The molecule has 1 heterocycles. The Bertz CT molecular complexity index is 496. The second kappa shape index (κ2) is 8.22. The van der Waals surface area contributed by atoms with Crippen LogP contribution in [0.5, 0.6) is 0 Å². The Morgan fingerprint density at radius 2 is 2.27 bits per heavy atom. The van der Waals surface area contributed by atoms with E-state index in [4.69, 9.17) is 9.47 Å². The summed E-state index contributed by atoms with van der Waals surface area (Å²) < 4.78 is 10.7. The molecular formula is C16H21NO4S. The first-order chi connectivity index (χ1) is 10.6. The Labute approximate surface area is 134 Å². The molecule has 0 aromatic heterocycles. The molecule has 0 radical (unpaired) electrons. The number of carbonyl (C=O) groups is 1. The topological polar surface area (TPSA) is 67.8 Å². The number of rotatable bonds is 5. The Morgan fingerprint density at radius 1 is 1.55 bits per heavy atom. The lowest BCUT2D eigenvalue weighted by Crippen LogP contribution is -2.54. The van der Waals surface area contributed by atoms with E-state index in [0.29, 0.717) is 6.42 Å². The maximum absolute atomic E-state index is 11.6. The van der Waals surface area contributed by atoms with Crippen LogP contribution in [-0.2, 0) is 9.47 Å². The summed E-state index contributed by atoms with van der Waals surface area (Å²) in [6.07, 6.45) is 0.329. The summed E-state index contributed by atoms with van der Waals surface area (Å²) in [5.41, 5.74) is -0.134. The van der Waals surface area contributed by atoms with Gasteiger partial charge in [0.1, 0.15) is 18.1 Å². The number of aliphatic hydroxyl groups is 1. The molecule has 2 rings (SSSR count). The normalized spacial score (nSPS) is 27.9. The molecular weight excluding hydrogens is 302 g/mol. The summed E-state index contributed by atoms with van der Waals surface area (Å²) in [5.74, 6) is 0. The van der Waals surface area contributed by atoms with Crippen LogP contribution in [0.1, 0.15) is 13.3 Å². The van der Waals surface area contributed by atoms with Gasteiger partial charge >= 0.3 is 6.09 Å². The highest BCUT2D eigenvalue weighted by Crippen LogP contribution is 2.32. The predicted molar refractivity (Wildman–Crippen MR) is 85.7 cm³/mol. The van der Waals surface area contributed by atoms with Crippen molar-refractivity contribution >= 4 is 17.9 Å². The zero-order chi connectivity index (χ0) is 15.9. The van der Waals surface area contributed by atoms with Gasteiger partial charge in [0.05, 0.1) is 12.1 Å². The number of hydrogen-bond donors (Lipinski definition) is 2. The van der Waals surface area contributed by atoms with E-state index in [1.165, 1.54) is 6.08 Å². The standard InChI is InChI=1S/C16H21NO4S/c1-3-9-20-16(19)17-13-10-14(21-11(2)15(13)18)22-12-7-5-4-6-8-12/h3-8,11,13-15,18H,1,9-10H2,2H3,(H,17,19)/t11-,13-,14?,15+/m0/s1. The van der Waals surface area contributed by atoms with Gasteiger partial charge in [-0.05, 0) is 19.1 Å². The number of hydrogen-bond acceptors (Lipinski definition) is 5. The fraction of sp³-hybridized carbons (Fsp3) is 0.438. The van der Waals surface area contributed by atoms with E-state index >= 15 is 0 Å². The summed E-state index contributed by atoms with van der Waals surface area (Å²) in [6, 6.07) is 9.49. The van der Waals surface area contributed by atoms with E-state index in [0.717, 1.165) is 4.90 Å². The third-order valence-electron chi connectivity index (χ3n) is 3.35. The van der Waals surface area contributed by atoms with Crippen molar-refractivity contribution in [2.45, 2.75) is 41.9 Å². The van der Waals surface area contributed by atoms with Crippen LogP contribution >= 0.6 is 11.8 Å². The fourth-order valence-corrected chi connectivity index (χ4v) is 3.40. The van der Waals surface area contributed by atoms with E-state index in [1.807, 2.05) is 30.3 Å². The van der Waals surface area contributed by atoms with E-state index in [2.05, 4.69) is 11.9 Å². The number of ether oxygens (including phenoxy) is 2. The number of carbonyl (C=O) groups excluding carboxylic acids is 1. The van der Waals surface area contributed by atoms with Gasteiger partial charge in [0.15, 0.2) is 0 Å². The van der Waals surface area contributed by atoms with Gasteiger partial charge in [0.2, 0.25) is 0 Å². The Hall–Kier alpha value is -1.50. The maximum Gasteiger partial charge on any atom is 0.407 e. The quantitative estimate of drug-likeness (QED) is 0.815. The van der Waals surface area contributed by atoms with Gasteiger partial charge in [0, 0.05) is 11.3 Å². The minimum Gasteiger partial charge on any atom is -0.445 e. The van der Waals surface area contributed by atoms with Crippen LogP contribution in [0, 0.1) is 0 Å². The van der Waals surface area contributed by atoms with Crippen molar-refractivity contribution < 1.29 is 19.4 Å². The molecule has 1 aromatic carbocycles. The highest BCUT2D eigenvalue weighted by molar-refractivity contribution is 7.99. The first kappa shape index (κ1) is 16.9. The Morgan fingerprint density at radius 3 is 2.95 bits per heavy atom. The molecule has 1 aliphatic rings. The molecule has 2 N–H and O–H groups in total. The molecule has 5 nitrogen and oxygen atoms in total. The first-order valence-corrected chi connectivity index (χ1v) is 8.07. The van der Waals surface area contributed by atoms with Crippen molar-refractivity contribution in [1.82, 2.24) is 5.32 Å². The third kappa shape index (κ3) is 4.76. The van der Waals surface area contributed by atoms with Crippen LogP contribution < -0.4 is 5.32 Å². The molecule has 4 atom stereocenters. The zero-order valence-corrected chi connectivity index (χ0v) is 13.3. The monoisotopic (exact) mass is 323 g/mol. The van der Waals surface area contributed by atoms with Crippen LogP contribution in [-0.4, -0.2) is 41.5 Å². The van der Waals surface area contributed by atoms with E-state index in [1.54, 1.807) is 18.7 Å². The second-order valence-corrected chi connectivity index (χ2v) is 6.30. The van der Waals surface area contributed by atoms with Gasteiger partial charge in [-0.3, -0.25) is 0 Å². The van der Waals surface area contributed by atoms with Crippen LogP contribution in [0.4, 0.5) is 4.79 Å². The summed E-state index contributed by atoms with van der Waals surface area (Å²) >= 11 is 1.58. The summed E-state index contributed by atoms with van der Waals surface area (Å²) in [6.45, 7) is 5.43. The van der Waals surface area contributed by atoms with Crippen LogP contribution in [0.25, 0.3) is 0 Å². The summed E-state index contributed by atoms with van der Waals surface area (Å²) in [4.78, 5) is 12.7. The van der Waals surface area contributed by atoms with E-state index < -0.39 is 18.2 Å². The minimum absolute atomic E-state index is 0.134. The lowest BCUT2D eigenvalue weighted by atomic mass is 10.0. The van der Waals surface area contributed by atoms with Crippen molar-refractivity contribution in [3.63, 3.8) is 0 Å². The number of amides is 1.